The zero-order valence-electron chi connectivity index (χ0n) is 19.1. The van der Waals surface area contributed by atoms with Crippen molar-refractivity contribution in [1.82, 2.24) is 9.47 Å². The number of likely N-dealkylation sites (tertiary alicyclic amines) is 1. The molecule has 0 spiro atoms. The predicted molar refractivity (Wildman–Crippen MR) is 131 cm³/mol. The lowest BCUT2D eigenvalue weighted by Crippen LogP contribution is -2.37. The van der Waals surface area contributed by atoms with E-state index in [1.54, 1.807) is 6.08 Å². The van der Waals surface area contributed by atoms with E-state index in [0.29, 0.717) is 5.69 Å². The van der Waals surface area contributed by atoms with Gasteiger partial charge in [-0.3, -0.25) is 9.59 Å². The Morgan fingerprint density at radius 3 is 2.55 bits per heavy atom. The number of aromatic nitrogens is 1. The molecule has 6 heteroatoms. The van der Waals surface area contributed by atoms with Crippen molar-refractivity contribution in [1.29, 1.82) is 5.26 Å². The van der Waals surface area contributed by atoms with Crippen LogP contribution in [-0.2, 0) is 16.1 Å². The lowest BCUT2D eigenvalue weighted by atomic mass is 10.1. The van der Waals surface area contributed by atoms with E-state index in [1.165, 1.54) is 6.42 Å². The Morgan fingerprint density at radius 1 is 1.06 bits per heavy atom. The number of amides is 2. The fourth-order valence-corrected chi connectivity index (χ4v) is 4.23. The molecule has 1 aliphatic rings. The highest BCUT2D eigenvalue weighted by molar-refractivity contribution is 6.10. The third kappa shape index (κ3) is 4.98. The smallest absolute Gasteiger partial charge is 0.266 e. The first-order valence-corrected chi connectivity index (χ1v) is 11.3. The number of rotatable bonds is 5. The molecule has 2 heterocycles. The molecule has 0 radical (unpaired) electrons. The summed E-state index contributed by atoms with van der Waals surface area (Å²) in [6.45, 7) is 5.84. The summed E-state index contributed by atoms with van der Waals surface area (Å²) in [5.74, 6) is -0.360. The molecule has 1 fully saturated rings. The van der Waals surface area contributed by atoms with Crippen LogP contribution in [0.25, 0.3) is 17.0 Å². The monoisotopic (exact) mass is 440 g/mol. The maximum Gasteiger partial charge on any atom is 0.266 e. The van der Waals surface area contributed by atoms with E-state index in [4.69, 9.17) is 0 Å². The fraction of sp³-hybridized carbons (Fsp3) is 0.296. The number of nitriles is 1. The molecule has 2 aromatic carbocycles. The van der Waals surface area contributed by atoms with Gasteiger partial charge in [-0.1, -0.05) is 24.3 Å². The Kier molecular flexibility index (Phi) is 6.60. The van der Waals surface area contributed by atoms with Crippen molar-refractivity contribution in [3.63, 3.8) is 0 Å². The number of carbonyl (C=O) groups is 2. The van der Waals surface area contributed by atoms with Gasteiger partial charge in [0.05, 0.1) is 0 Å². The zero-order valence-corrected chi connectivity index (χ0v) is 19.1. The molecular formula is C27H28N4O2. The van der Waals surface area contributed by atoms with Crippen molar-refractivity contribution >= 4 is 34.5 Å². The quantitative estimate of drug-likeness (QED) is 0.457. The lowest BCUT2D eigenvalue weighted by molar-refractivity contribution is -0.132. The number of nitrogens with zero attached hydrogens (tertiary/aromatic N) is 3. The number of piperidine rings is 1. The number of carbonyl (C=O) groups excluding carboxylic acids is 2. The zero-order chi connectivity index (χ0) is 23.4. The molecule has 0 bridgehead atoms. The Hall–Kier alpha value is -3.85. The molecule has 0 saturated carbocycles. The second-order valence-electron chi connectivity index (χ2n) is 8.59. The highest BCUT2D eigenvalue weighted by atomic mass is 16.2. The first-order valence-electron chi connectivity index (χ1n) is 11.3. The van der Waals surface area contributed by atoms with Crippen LogP contribution in [0.3, 0.4) is 0 Å². The minimum atomic E-state index is -0.457. The summed E-state index contributed by atoms with van der Waals surface area (Å²) in [5, 5.41) is 13.4. The molecule has 33 heavy (non-hydrogen) atoms. The van der Waals surface area contributed by atoms with Gasteiger partial charge in [0.25, 0.3) is 5.91 Å². The summed E-state index contributed by atoms with van der Waals surface area (Å²) in [6.07, 6.45) is 6.72. The first kappa shape index (κ1) is 22.3. The third-order valence-electron chi connectivity index (χ3n) is 6.26. The summed E-state index contributed by atoms with van der Waals surface area (Å²) >= 11 is 0. The van der Waals surface area contributed by atoms with Gasteiger partial charge in [0.2, 0.25) is 5.91 Å². The van der Waals surface area contributed by atoms with Crippen LogP contribution in [0.1, 0.15) is 36.0 Å². The molecule has 1 aromatic heterocycles. The molecule has 168 valence electrons. The summed E-state index contributed by atoms with van der Waals surface area (Å²) in [6, 6.07) is 15.4. The van der Waals surface area contributed by atoms with E-state index in [1.807, 2.05) is 78.0 Å². The van der Waals surface area contributed by atoms with Gasteiger partial charge in [-0.2, -0.15) is 5.26 Å². The van der Waals surface area contributed by atoms with Gasteiger partial charge in [0.1, 0.15) is 18.2 Å². The van der Waals surface area contributed by atoms with Gasteiger partial charge in [-0.25, -0.2) is 0 Å². The minimum absolute atomic E-state index is 0.0125. The first-order chi connectivity index (χ1) is 16.0. The number of hydrogen-bond donors (Lipinski definition) is 1. The van der Waals surface area contributed by atoms with Crippen LogP contribution in [0, 0.1) is 25.2 Å². The van der Waals surface area contributed by atoms with Gasteiger partial charge in [-0.05, 0) is 68.5 Å². The molecule has 1 saturated heterocycles. The average molecular weight is 441 g/mol. The molecule has 4 rings (SSSR count). The van der Waals surface area contributed by atoms with E-state index in [0.717, 1.165) is 53.5 Å². The van der Waals surface area contributed by atoms with Gasteiger partial charge < -0.3 is 14.8 Å². The molecule has 6 nitrogen and oxygen atoms in total. The third-order valence-corrected chi connectivity index (χ3v) is 6.26. The van der Waals surface area contributed by atoms with E-state index in [9.17, 15) is 14.9 Å². The SMILES string of the molecule is Cc1ccc(NC(=O)/C(C#N)=C/c2cn(CC(=O)N3CCCCC3)c3ccccc23)cc1C. The van der Waals surface area contributed by atoms with Crippen LogP contribution in [0.4, 0.5) is 5.69 Å². The largest absolute Gasteiger partial charge is 0.341 e. The molecule has 0 aliphatic carbocycles. The Balaban J connectivity index is 1.61. The highest BCUT2D eigenvalue weighted by Gasteiger charge is 2.19. The second kappa shape index (κ2) is 9.74. The van der Waals surface area contributed by atoms with Crippen LogP contribution in [-0.4, -0.2) is 34.4 Å². The standard InChI is InChI=1S/C27H28N4O2/c1-19-10-11-23(14-20(19)2)29-27(33)21(16-28)15-22-17-31(25-9-5-4-8-24(22)25)18-26(32)30-12-6-3-7-13-30/h4-5,8-11,14-15,17H,3,6-7,12-13,18H2,1-2H3,(H,29,33)/b21-15+. The van der Waals surface area contributed by atoms with Gasteiger partial charge in [-0.15, -0.1) is 0 Å². The van der Waals surface area contributed by atoms with Crippen molar-refractivity contribution in [2.75, 3.05) is 18.4 Å². The molecule has 2 amide bonds. The fourth-order valence-electron chi connectivity index (χ4n) is 4.23. The molecular weight excluding hydrogens is 412 g/mol. The Morgan fingerprint density at radius 2 is 1.82 bits per heavy atom. The van der Waals surface area contributed by atoms with E-state index < -0.39 is 5.91 Å². The van der Waals surface area contributed by atoms with Crippen molar-refractivity contribution in [2.24, 2.45) is 0 Å². The normalized spacial score (nSPS) is 14.2. The lowest BCUT2D eigenvalue weighted by Gasteiger charge is -2.27. The van der Waals surface area contributed by atoms with Crippen LogP contribution in [0.5, 0.6) is 0 Å². The molecule has 3 aromatic rings. The molecule has 1 aliphatic heterocycles. The summed E-state index contributed by atoms with van der Waals surface area (Å²) < 4.78 is 1.91. The molecule has 0 atom stereocenters. The van der Waals surface area contributed by atoms with E-state index >= 15 is 0 Å². The van der Waals surface area contributed by atoms with Crippen molar-refractivity contribution < 1.29 is 9.59 Å². The number of benzene rings is 2. The number of para-hydroxylation sites is 1. The highest BCUT2D eigenvalue weighted by Crippen LogP contribution is 2.25. The van der Waals surface area contributed by atoms with E-state index in [-0.39, 0.29) is 18.0 Å². The number of hydrogen-bond acceptors (Lipinski definition) is 3. The summed E-state index contributed by atoms with van der Waals surface area (Å²) in [5.41, 5.74) is 4.51. The van der Waals surface area contributed by atoms with Crippen molar-refractivity contribution in [3.8, 4) is 6.07 Å². The molecule has 0 unspecified atom stereocenters. The van der Waals surface area contributed by atoms with Gasteiger partial charge in [0.15, 0.2) is 0 Å². The van der Waals surface area contributed by atoms with Crippen molar-refractivity contribution in [2.45, 2.75) is 39.7 Å². The summed E-state index contributed by atoms with van der Waals surface area (Å²) in [4.78, 5) is 27.6. The average Bonchev–Trinajstić information content (AvgIpc) is 3.17. The van der Waals surface area contributed by atoms with Crippen LogP contribution >= 0.6 is 0 Å². The Bertz CT molecular complexity index is 1270. The van der Waals surface area contributed by atoms with Crippen LogP contribution in [0.2, 0.25) is 0 Å². The molecule has 1 N–H and O–H groups in total. The van der Waals surface area contributed by atoms with E-state index in [2.05, 4.69) is 5.32 Å². The topological polar surface area (TPSA) is 78.1 Å². The predicted octanol–water partition coefficient (Wildman–Crippen LogP) is 4.82. The van der Waals surface area contributed by atoms with Gasteiger partial charge >= 0.3 is 0 Å². The minimum Gasteiger partial charge on any atom is -0.341 e. The maximum atomic E-state index is 12.8. The number of nitrogens with one attached hydrogen (secondary N) is 1. The van der Waals surface area contributed by atoms with Crippen LogP contribution in [0.15, 0.2) is 54.2 Å². The maximum absolute atomic E-state index is 12.8. The van der Waals surface area contributed by atoms with Crippen LogP contribution < -0.4 is 5.32 Å². The Labute approximate surface area is 194 Å². The summed E-state index contributed by atoms with van der Waals surface area (Å²) in [7, 11) is 0. The number of aryl methyl sites for hydroxylation is 2. The van der Waals surface area contributed by atoms with Crippen molar-refractivity contribution in [3.05, 3.63) is 70.9 Å². The number of fused-ring (bicyclic) bond motifs is 1. The number of anilines is 1. The second-order valence-corrected chi connectivity index (χ2v) is 8.59. The van der Waals surface area contributed by atoms with Gasteiger partial charge in [0, 0.05) is 41.4 Å².